The number of likely N-dealkylation sites (N-methyl/N-ethyl adjacent to an activating group) is 1. The minimum atomic E-state index is 0.845. The molecule has 2 heteroatoms. The zero-order valence-corrected chi connectivity index (χ0v) is 7.06. The smallest absolute Gasteiger partial charge is 0.0160 e. The van der Waals surface area contributed by atoms with E-state index in [1.54, 1.807) is 0 Å². The molecule has 0 bridgehead atoms. The highest BCUT2D eigenvalue weighted by Gasteiger charge is 1.85. The predicted molar refractivity (Wildman–Crippen MR) is 46.2 cm³/mol. The normalized spacial score (nSPS) is 11.6. The maximum atomic E-state index is 4.05. The van der Waals surface area contributed by atoms with Crippen LogP contribution in [0, 0.1) is 0 Å². The third-order valence-electron chi connectivity index (χ3n) is 1.23. The first kappa shape index (κ1) is 9.05. The van der Waals surface area contributed by atoms with Gasteiger partial charge in [0.1, 0.15) is 0 Å². The molecule has 1 nitrogen and oxygen atoms in total. The van der Waals surface area contributed by atoms with E-state index in [1.807, 2.05) is 0 Å². The highest BCUT2D eigenvalue weighted by atomic mass is 32.1. The summed E-state index contributed by atoms with van der Waals surface area (Å²) in [6.07, 6.45) is 4.20. The van der Waals surface area contributed by atoms with Gasteiger partial charge in [-0.2, -0.15) is 12.6 Å². The van der Waals surface area contributed by atoms with Crippen molar-refractivity contribution < 1.29 is 0 Å². The summed E-state index contributed by atoms with van der Waals surface area (Å²) in [5.41, 5.74) is 0. The largest absolute Gasteiger partial charge is 0.303 e. The van der Waals surface area contributed by atoms with Crippen LogP contribution >= 0.6 is 12.6 Å². The first-order valence-electron chi connectivity index (χ1n) is 3.25. The zero-order valence-electron chi connectivity index (χ0n) is 6.17. The molecule has 9 heavy (non-hydrogen) atoms. The highest BCUT2D eigenvalue weighted by molar-refractivity contribution is 7.80. The third-order valence-corrected chi connectivity index (χ3v) is 1.44. The first-order chi connectivity index (χ1) is 4.31. The molecule has 0 N–H and O–H groups in total. The van der Waals surface area contributed by atoms with Gasteiger partial charge in [-0.05, 0) is 13.6 Å². The van der Waals surface area contributed by atoms with Crippen LogP contribution in [0.4, 0.5) is 0 Å². The van der Waals surface area contributed by atoms with E-state index in [1.165, 1.54) is 0 Å². The van der Waals surface area contributed by atoms with E-state index in [0.717, 1.165) is 18.8 Å². The Morgan fingerprint density at radius 2 is 2.11 bits per heavy atom. The maximum absolute atomic E-state index is 4.05. The van der Waals surface area contributed by atoms with E-state index < -0.39 is 0 Å². The van der Waals surface area contributed by atoms with E-state index in [0.29, 0.717) is 0 Å². The van der Waals surface area contributed by atoms with E-state index in [9.17, 15) is 0 Å². The van der Waals surface area contributed by atoms with Gasteiger partial charge in [0, 0.05) is 12.3 Å². The molecule has 0 fully saturated rings. The van der Waals surface area contributed by atoms with E-state index in [4.69, 9.17) is 0 Å². The number of hydrogen-bond acceptors (Lipinski definition) is 2. The van der Waals surface area contributed by atoms with Crippen molar-refractivity contribution >= 4 is 12.6 Å². The molecule has 54 valence electrons. The van der Waals surface area contributed by atoms with Crippen molar-refractivity contribution in [2.45, 2.75) is 6.92 Å². The van der Waals surface area contributed by atoms with Gasteiger partial charge in [0.05, 0.1) is 0 Å². The maximum Gasteiger partial charge on any atom is 0.0160 e. The SMILES string of the molecule is CCN(C)CC=CCS. The van der Waals surface area contributed by atoms with Gasteiger partial charge in [-0.25, -0.2) is 0 Å². The molecule has 0 atom stereocenters. The summed E-state index contributed by atoms with van der Waals surface area (Å²) >= 11 is 4.05. The molecular weight excluding hydrogens is 130 g/mol. The van der Waals surface area contributed by atoms with Crippen LogP contribution in [0.25, 0.3) is 0 Å². The van der Waals surface area contributed by atoms with Crippen molar-refractivity contribution in [2.75, 3.05) is 25.9 Å². The highest BCUT2D eigenvalue weighted by Crippen LogP contribution is 1.82. The Balaban J connectivity index is 3.15. The second-order valence-corrected chi connectivity index (χ2v) is 2.37. The van der Waals surface area contributed by atoms with Crippen LogP contribution in [0.3, 0.4) is 0 Å². The van der Waals surface area contributed by atoms with Crippen LogP contribution in [0.1, 0.15) is 6.92 Å². The van der Waals surface area contributed by atoms with Crippen molar-refractivity contribution in [3.63, 3.8) is 0 Å². The Morgan fingerprint density at radius 3 is 2.56 bits per heavy atom. The van der Waals surface area contributed by atoms with E-state index in [-0.39, 0.29) is 0 Å². The number of rotatable bonds is 4. The van der Waals surface area contributed by atoms with Gasteiger partial charge in [-0.3, -0.25) is 0 Å². The second kappa shape index (κ2) is 6.17. The molecule has 0 aromatic carbocycles. The lowest BCUT2D eigenvalue weighted by atomic mass is 10.5. The molecule has 0 spiro atoms. The van der Waals surface area contributed by atoms with E-state index >= 15 is 0 Å². The average molecular weight is 145 g/mol. The average Bonchev–Trinajstić information content (AvgIpc) is 1.89. The second-order valence-electron chi connectivity index (χ2n) is 2.01. The van der Waals surface area contributed by atoms with Gasteiger partial charge >= 0.3 is 0 Å². The fourth-order valence-corrected chi connectivity index (χ4v) is 0.607. The van der Waals surface area contributed by atoms with Gasteiger partial charge in [0.25, 0.3) is 0 Å². The first-order valence-corrected chi connectivity index (χ1v) is 3.89. The van der Waals surface area contributed by atoms with Crippen LogP contribution in [0.15, 0.2) is 12.2 Å². The quantitative estimate of drug-likeness (QED) is 0.462. The number of nitrogens with zero attached hydrogens (tertiary/aromatic N) is 1. The summed E-state index contributed by atoms with van der Waals surface area (Å²) in [7, 11) is 2.10. The Hall–Kier alpha value is 0.0500. The summed E-state index contributed by atoms with van der Waals surface area (Å²) in [6.45, 7) is 4.29. The topological polar surface area (TPSA) is 3.24 Å². The summed E-state index contributed by atoms with van der Waals surface area (Å²) in [4.78, 5) is 2.24. The van der Waals surface area contributed by atoms with Crippen molar-refractivity contribution in [2.24, 2.45) is 0 Å². The molecule has 0 aliphatic heterocycles. The molecule has 0 heterocycles. The predicted octanol–water partition coefficient (Wildman–Crippen LogP) is 1.42. The Kier molecular flexibility index (Phi) is 6.21. The standard InChI is InChI=1S/C7H15NS/c1-3-8(2)6-4-5-7-9/h4-5,9H,3,6-7H2,1-2H3. The van der Waals surface area contributed by atoms with Gasteiger partial charge in [-0.15, -0.1) is 0 Å². The monoisotopic (exact) mass is 145 g/mol. The van der Waals surface area contributed by atoms with Gasteiger partial charge < -0.3 is 4.90 Å². The summed E-state index contributed by atoms with van der Waals surface area (Å²) < 4.78 is 0. The molecule has 0 aliphatic carbocycles. The molecular formula is C7H15NS. The molecule has 0 rings (SSSR count). The lowest BCUT2D eigenvalue weighted by molar-refractivity contribution is 0.392. The van der Waals surface area contributed by atoms with Crippen molar-refractivity contribution in [3.8, 4) is 0 Å². The minimum Gasteiger partial charge on any atom is -0.303 e. The zero-order chi connectivity index (χ0) is 7.11. The third kappa shape index (κ3) is 5.93. The molecule has 0 saturated heterocycles. The van der Waals surface area contributed by atoms with Crippen molar-refractivity contribution in [1.29, 1.82) is 0 Å². The lowest BCUT2D eigenvalue weighted by Crippen LogP contribution is -2.16. The van der Waals surface area contributed by atoms with Crippen LogP contribution in [-0.2, 0) is 0 Å². The molecule has 0 radical (unpaired) electrons. The fourth-order valence-electron chi connectivity index (χ4n) is 0.458. The van der Waals surface area contributed by atoms with Crippen molar-refractivity contribution in [3.05, 3.63) is 12.2 Å². The number of thiol groups is 1. The Bertz CT molecular complexity index is 81.0. The van der Waals surface area contributed by atoms with Gasteiger partial charge in [0.2, 0.25) is 0 Å². The minimum absolute atomic E-state index is 0.845. The van der Waals surface area contributed by atoms with Crippen LogP contribution in [0.2, 0.25) is 0 Å². The van der Waals surface area contributed by atoms with Crippen molar-refractivity contribution in [1.82, 2.24) is 4.90 Å². The van der Waals surface area contributed by atoms with Gasteiger partial charge in [-0.1, -0.05) is 19.1 Å². The van der Waals surface area contributed by atoms with Gasteiger partial charge in [0.15, 0.2) is 0 Å². The molecule has 0 aromatic rings. The molecule has 0 saturated carbocycles. The molecule has 0 aromatic heterocycles. The van der Waals surface area contributed by atoms with Crippen LogP contribution in [0.5, 0.6) is 0 Å². The summed E-state index contributed by atoms with van der Waals surface area (Å²) in [5, 5.41) is 0. The lowest BCUT2D eigenvalue weighted by Gasteiger charge is -2.08. The number of hydrogen-bond donors (Lipinski definition) is 1. The molecule has 0 aliphatic rings. The Labute approximate surface area is 63.2 Å². The molecule has 0 unspecified atom stereocenters. The summed E-state index contributed by atoms with van der Waals surface area (Å²) in [6, 6.07) is 0. The van der Waals surface area contributed by atoms with E-state index in [2.05, 4.69) is 43.7 Å². The fraction of sp³-hybridized carbons (Fsp3) is 0.714. The molecule has 0 amide bonds. The van der Waals surface area contributed by atoms with Crippen LogP contribution < -0.4 is 0 Å². The van der Waals surface area contributed by atoms with Crippen LogP contribution in [-0.4, -0.2) is 30.8 Å². The Morgan fingerprint density at radius 1 is 1.44 bits per heavy atom. The summed E-state index contributed by atoms with van der Waals surface area (Å²) in [5.74, 6) is 0.845.